The van der Waals surface area contributed by atoms with Crippen LogP contribution in [0.25, 0.3) is 0 Å². The van der Waals surface area contributed by atoms with Gasteiger partial charge in [0.25, 0.3) is 0 Å². The van der Waals surface area contributed by atoms with Crippen LogP contribution in [0.3, 0.4) is 0 Å². The molecule has 0 radical (unpaired) electrons. The smallest absolute Gasteiger partial charge is 0.299 e. The predicted octanol–water partition coefficient (Wildman–Crippen LogP) is 2.81. The fourth-order valence-electron chi connectivity index (χ4n) is 1.78. The third kappa shape index (κ3) is 3.72. The van der Waals surface area contributed by atoms with Crippen LogP contribution in [-0.2, 0) is 13.1 Å². The Morgan fingerprint density at radius 3 is 2.50 bits per heavy atom. The van der Waals surface area contributed by atoms with Gasteiger partial charge >= 0.3 is 5.69 Å². The highest BCUT2D eigenvalue weighted by atomic mass is 16.1. The first-order valence-electron chi connectivity index (χ1n) is 6.16. The molecule has 1 rings (SSSR count). The summed E-state index contributed by atoms with van der Waals surface area (Å²) in [7, 11) is 0. The van der Waals surface area contributed by atoms with E-state index in [9.17, 15) is 4.79 Å². The van der Waals surface area contributed by atoms with Crippen molar-refractivity contribution in [1.82, 2.24) is 9.13 Å². The van der Waals surface area contributed by atoms with Gasteiger partial charge in [-0.15, -0.1) is 6.58 Å². The molecule has 16 heavy (non-hydrogen) atoms. The molecule has 0 saturated carbocycles. The number of rotatable bonds is 8. The van der Waals surface area contributed by atoms with Gasteiger partial charge in [-0.1, -0.05) is 19.4 Å². The van der Waals surface area contributed by atoms with Gasteiger partial charge in [-0.05, 0) is 25.7 Å². The van der Waals surface area contributed by atoms with Gasteiger partial charge < -0.3 is 0 Å². The molecule has 0 bridgehead atoms. The summed E-state index contributed by atoms with van der Waals surface area (Å²) in [6.07, 6.45) is 11.2. The lowest BCUT2D eigenvalue weighted by atomic mass is 10.2. The average Bonchev–Trinajstić information content (AvgIpc) is 2.62. The van der Waals surface area contributed by atoms with Crippen molar-refractivity contribution < 1.29 is 0 Å². The van der Waals surface area contributed by atoms with Gasteiger partial charge in [-0.3, -0.25) is 9.13 Å². The van der Waals surface area contributed by atoms with E-state index in [-0.39, 0.29) is 5.69 Å². The Morgan fingerprint density at radius 2 is 1.88 bits per heavy atom. The Bertz CT molecular complexity index is 362. The van der Waals surface area contributed by atoms with Crippen molar-refractivity contribution in [2.75, 3.05) is 0 Å². The molecule has 0 aromatic carbocycles. The van der Waals surface area contributed by atoms with Crippen LogP contribution < -0.4 is 5.69 Å². The summed E-state index contributed by atoms with van der Waals surface area (Å²) in [6.45, 7) is 7.44. The van der Waals surface area contributed by atoms with Crippen LogP contribution in [0.2, 0.25) is 0 Å². The summed E-state index contributed by atoms with van der Waals surface area (Å²) in [5, 5.41) is 0. The summed E-state index contributed by atoms with van der Waals surface area (Å²) in [6, 6.07) is 0. The number of hydrogen-bond donors (Lipinski definition) is 0. The zero-order valence-corrected chi connectivity index (χ0v) is 10.2. The normalized spacial score (nSPS) is 10.6. The quantitative estimate of drug-likeness (QED) is 0.491. The van der Waals surface area contributed by atoms with Crippen molar-refractivity contribution in [2.24, 2.45) is 0 Å². The van der Waals surface area contributed by atoms with E-state index < -0.39 is 0 Å². The highest BCUT2D eigenvalue weighted by molar-refractivity contribution is 4.81. The average molecular weight is 222 g/mol. The lowest BCUT2D eigenvalue weighted by Crippen LogP contribution is -2.24. The maximum absolute atomic E-state index is 11.8. The van der Waals surface area contributed by atoms with Crippen LogP contribution in [0.5, 0.6) is 0 Å². The molecule has 90 valence electrons. The molecule has 0 N–H and O–H groups in total. The topological polar surface area (TPSA) is 26.9 Å². The Kier molecular flexibility index (Phi) is 5.68. The third-order valence-electron chi connectivity index (χ3n) is 2.69. The zero-order chi connectivity index (χ0) is 11.8. The molecule has 0 amide bonds. The molecule has 3 nitrogen and oxygen atoms in total. The van der Waals surface area contributed by atoms with E-state index in [1.54, 1.807) is 4.57 Å². The molecular formula is C13H22N2O. The van der Waals surface area contributed by atoms with Crippen molar-refractivity contribution in [3.8, 4) is 0 Å². The summed E-state index contributed by atoms with van der Waals surface area (Å²) >= 11 is 0. The first kappa shape index (κ1) is 12.8. The maximum Gasteiger partial charge on any atom is 0.328 e. The molecule has 1 heterocycles. The highest BCUT2D eigenvalue weighted by Crippen LogP contribution is 2.01. The molecule has 0 aliphatic rings. The van der Waals surface area contributed by atoms with E-state index in [4.69, 9.17) is 0 Å². The van der Waals surface area contributed by atoms with Crippen LogP contribution in [0.15, 0.2) is 29.8 Å². The Labute approximate surface area is 97.4 Å². The Hall–Kier alpha value is -1.25. The standard InChI is InChI=1S/C13H22N2O/c1-3-5-6-7-8-10-15-12-11-14(9-4-2)13(15)16/h3,11-12H,1,4-10H2,2H3. The maximum atomic E-state index is 11.8. The van der Waals surface area contributed by atoms with Crippen LogP contribution in [0.4, 0.5) is 0 Å². The summed E-state index contributed by atoms with van der Waals surface area (Å²) in [5.41, 5.74) is 0.130. The minimum atomic E-state index is 0.130. The van der Waals surface area contributed by atoms with E-state index >= 15 is 0 Å². The minimum Gasteiger partial charge on any atom is -0.299 e. The molecule has 0 saturated heterocycles. The Balaban J connectivity index is 2.36. The minimum absolute atomic E-state index is 0.130. The van der Waals surface area contributed by atoms with Crippen molar-refractivity contribution in [1.29, 1.82) is 0 Å². The van der Waals surface area contributed by atoms with Gasteiger partial charge in [-0.25, -0.2) is 4.79 Å². The van der Waals surface area contributed by atoms with Crippen LogP contribution >= 0.6 is 0 Å². The van der Waals surface area contributed by atoms with Gasteiger partial charge in [0.15, 0.2) is 0 Å². The van der Waals surface area contributed by atoms with E-state index in [1.165, 1.54) is 6.42 Å². The highest BCUT2D eigenvalue weighted by Gasteiger charge is 2.01. The van der Waals surface area contributed by atoms with Crippen molar-refractivity contribution in [3.05, 3.63) is 35.5 Å². The molecule has 1 aromatic rings. The van der Waals surface area contributed by atoms with E-state index in [2.05, 4.69) is 13.5 Å². The first-order chi connectivity index (χ1) is 7.79. The largest absolute Gasteiger partial charge is 0.328 e. The second-order valence-corrected chi connectivity index (χ2v) is 4.11. The fourth-order valence-corrected chi connectivity index (χ4v) is 1.78. The van der Waals surface area contributed by atoms with Crippen molar-refractivity contribution in [2.45, 2.75) is 52.1 Å². The number of unbranched alkanes of at least 4 members (excludes halogenated alkanes) is 3. The molecule has 0 fully saturated rings. The molecule has 0 atom stereocenters. The second kappa shape index (κ2) is 7.09. The van der Waals surface area contributed by atoms with Gasteiger partial charge in [0, 0.05) is 25.5 Å². The second-order valence-electron chi connectivity index (χ2n) is 4.11. The summed E-state index contributed by atoms with van der Waals surface area (Å²) < 4.78 is 3.59. The van der Waals surface area contributed by atoms with Crippen molar-refractivity contribution >= 4 is 0 Å². The molecular weight excluding hydrogens is 200 g/mol. The van der Waals surface area contributed by atoms with E-state index in [1.807, 2.05) is 23.0 Å². The van der Waals surface area contributed by atoms with E-state index in [0.717, 1.165) is 38.8 Å². The number of nitrogens with zero attached hydrogens (tertiary/aromatic N) is 2. The third-order valence-corrected chi connectivity index (χ3v) is 2.69. The zero-order valence-electron chi connectivity index (χ0n) is 10.2. The number of imidazole rings is 1. The predicted molar refractivity (Wildman–Crippen MR) is 67.6 cm³/mol. The number of aromatic nitrogens is 2. The molecule has 0 aliphatic carbocycles. The molecule has 1 aromatic heterocycles. The molecule has 0 spiro atoms. The van der Waals surface area contributed by atoms with Gasteiger partial charge in [0.1, 0.15) is 0 Å². The van der Waals surface area contributed by atoms with Crippen LogP contribution in [-0.4, -0.2) is 9.13 Å². The number of aryl methyl sites for hydroxylation is 2. The molecule has 0 unspecified atom stereocenters. The SMILES string of the molecule is C=CCCCCCn1ccn(CCC)c1=O. The molecule has 0 aliphatic heterocycles. The molecule has 3 heteroatoms. The summed E-state index contributed by atoms with van der Waals surface area (Å²) in [4.78, 5) is 11.8. The summed E-state index contributed by atoms with van der Waals surface area (Å²) in [5.74, 6) is 0. The number of hydrogen-bond acceptors (Lipinski definition) is 1. The lowest BCUT2D eigenvalue weighted by molar-refractivity contribution is 0.556. The Morgan fingerprint density at radius 1 is 1.19 bits per heavy atom. The van der Waals surface area contributed by atoms with Gasteiger partial charge in [-0.2, -0.15) is 0 Å². The van der Waals surface area contributed by atoms with Crippen LogP contribution in [0, 0.1) is 0 Å². The van der Waals surface area contributed by atoms with Gasteiger partial charge in [0.05, 0.1) is 0 Å². The monoisotopic (exact) mass is 222 g/mol. The van der Waals surface area contributed by atoms with E-state index in [0.29, 0.717) is 0 Å². The first-order valence-corrected chi connectivity index (χ1v) is 6.16. The van der Waals surface area contributed by atoms with Crippen molar-refractivity contribution in [3.63, 3.8) is 0 Å². The fraction of sp³-hybridized carbons (Fsp3) is 0.615. The van der Waals surface area contributed by atoms with Crippen LogP contribution in [0.1, 0.15) is 39.0 Å². The van der Waals surface area contributed by atoms with Gasteiger partial charge in [0.2, 0.25) is 0 Å². The lowest BCUT2D eigenvalue weighted by Gasteiger charge is -2.01. The number of allylic oxidation sites excluding steroid dienone is 1.